The molecule has 0 saturated carbocycles. The topological polar surface area (TPSA) is 75.2 Å². The van der Waals surface area contributed by atoms with Gasteiger partial charge < -0.3 is 4.90 Å². The van der Waals surface area contributed by atoms with Crippen LogP contribution in [0.15, 0.2) is 82.5 Å². The maximum absolute atomic E-state index is 12.8. The lowest BCUT2D eigenvalue weighted by molar-refractivity contribution is -0.132. The van der Waals surface area contributed by atoms with E-state index >= 15 is 0 Å². The van der Waals surface area contributed by atoms with E-state index < -0.39 is 11.2 Å². The van der Waals surface area contributed by atoms with E-state index in [2.05, 4.69) is 4.98 Å². The summed E-state index contributed by atoms with van der Waals surface area (Å²) in [5.74, 6) is -0.177. The second-order valence-electron chi connectivity index (χ2n) is 6.27. The summed E-state index contributed by atoms with van der Waals surface area (Å²) in [6, 6.07) is 20.9. The normalized spacial score (nSPS) is 10.5. The summed E-state index contributed by atoms with van der Waals surface area (Å²) < 4.78 is 1.21. The number of amides is 1. The summed E-state index contributed by atoms with van der Waals surface area (Å²) in [6.07, 6.45) is 2.07. The van der Waals surface area contributed by atoms with Crippen molar-refractivity contribution < 1.29 is 4.79 Å². The van der Waals surface area contributed by atoms with Gasteiger partial charge >= 0.3 is 5.69 Å². The first-order valence-electron chi connectivity index (χ1n) is 8.77. The number of hydrogen-bond acceptors (Lipinski definition) is 3. The molecular formula is C21H21N3O3. The van der Waals surface area contributed by atoms with Gasteiger partial charge in [0.05, 0.1) is 0 Å². The van der Waals surface area contributed by atoms with Crippen LogP contribution in [0.4, 0.5) is 0 Å². The fraction of sp³-hybridized carbons (Fsp3) is 0.190. The van der Waals surface area contributed by atoms with Crippen LogP contribution in [0.1, 0.15) is 11.1 Å². The molecule has 138 valence electrons. The number of H-pyrrole nitrogens is 1. The highest BCUT2D eigenvalue weighted by atomic mass is 16.2. The number of benzene rings is 2. The standard InChI is InChI=1S/C21H21N3O3/c25-19-12-14-24(21(27)22-19)16-20(26)23(15-18-9-5-2-6-10-18)13-11-17-7-3-1-4-8-17/h1-10,12,14H,11,13,15-16H2,(H,22,25,27). The van der Waals surface area contributed by atoms with Crippen molar-refractivity contribution in [1.82, 2.24) is 14.5 Å². The summed E-state index contributed by atoms with van der Waals surface area (Å²) in [5, 5.41) is 0. The first kappa shape index (κ1) is 18.4. The first-order chi connectivity index (χ1) is 13.1. The molecule has 0 unspecified atom stereocenters. The molecular weight excluding hydrogens is 342 g/mol. The Labute approximate surface area is 156 Å². The van der Waals surface area contributed by atoms with E-state index in [0.717, 1.165) is 17.5 Å². The average molecular weight is 363 g/mol. The Morgan fingerprint density at radius 3 is 2.15 bits per heavy atom. The molecule has 6 nitrogen and oxygen atoms in total. The Morgan fingerprint density at radius 2 is 1.52 bits per heavy atom. The van der Waals surface area contributed by atoms with Gasteiger partial charge in [0, 0.05) is 25.4 Å². The molecule has 1 amide bonds. The molecule has 27 heavy (non-hydrogen) atoms. The third-order valence-electron chi connectivity index (χ3n) is 4.28. The van der Waals surface area contributed by atoms with Crippen LogP contribution in [0.25, 0.3) is 0 Å². The van der Waals surface area contributed by atoms with Crippen molar-refractivity contribution >= 4 is 5.91 Å². The average Bonchev–Trinajstić information content (AvgIpc) is 2.69. The van der Waals surface area contributed by atoms with Gasteiger partial charge in [-0.15, -0.1) is 0 Å². The van der Waals surface area contributed by atoms with Crippen molar-refractivity contribution in [3.8, 4) is 0 Å². The van der Waals surface area contributed by atoms with Gasteiger partial charge in [0.2, 0.25) is 5.91 Å². The largest absolute Gasteiger partial charge is 0.336 e. The summed E-state index contributed by atoms with van der Waals surface area (Å²) in [5.41, 5.74) is 1.10. The van der Waals surface area contributed by atoms with Crippen LogP contribution in [0.5, 0.6) is 0 Å². The van der Waals surface area contributed by atoms with Gasteiger partial charge in [-0.05, 0) is 17.5 Å². The molecule has 1 heterocycles. The molecule has 0 bridgehead atoms. The molecule has 3 rings (SSSR count). The monoisotopic (exact) mass is 363 g/mol. The van der Waals surface area contributed by atoms with Crippen LogP contribution in [0.2, 0.25) is 0 Å². The quantitative estimate of drug-likeness (QED) is 0.696. The van der Waals surface area contributed by atoms with Crippen molar-refractivity contribution in [1.29, 1.82) is 0 Å². The number of aromatic nitrogens is 2. The van der Waals surface area contributed by atoms with Gasteiger partial charge in [-0.2, -0.15) is 0 Å². The first-order valence-corrected chi connectivity index (χ1v) is 8.77. The molecule has 0 atom stereocenters. The molecule has 6 heteroatoms. The Balaban J connectivity index is 1.75. The van der Waals surface area contributed by atoms with E-state index in [0.29, 0.717) is 13.1 Å². The summed E-state index contributed by atoms with van der Waals surface area (Å²) in [4.78, 5) is 39.8. The number of aromatic amines is 1. The number of carbonyl (C=O) groups is 1. The third-order valence-corrected chi connectivity index (χ3v) is 4.28. The minimum atomic E-state index is -0.585. The number of rotatable bonds is 7. The zero-order valence-corrected chi connectivity index (χ0v) is 14.9. The lowest BCUT2D eigenvalue weighted by Gasteiger charge is -2.23. The Bertz CT molecular complexity index is 994. The maximum atomic E-state index is 12.8. The van der Waals surface area contributed by atoms with Crippen LogP contribution < -0.4 is 11.2 Å². The third kappa shape index (κ3) is 5.28. The number of carbonyl (C=O) groups excluding carboxylic acids is 1. The van der Waals surface area contributed by atoms with Crippen molar-refractivity contribution in [3.63, 3.8) is 0 Å². The molecule has 0 saturated heterocycles. The van der Waals surface area contributed by atoms with Gasteiger partial charge in [-0.3, -0.25) is 19.1 Å². The van der Waals surface area contributed by atoms with Crippen molar-refractivity contribution in [3.05, 3.63) is 105 Å². The molecule has 0 aliphatic rings. The van der Waals surface area contributed by atoms with Gasteiger partial charge in [0.1, 0.15) is 6.54 Å². The smallest absolute Gasteiger partial charge is 0.328 e. The molecule has 1 aromatic heterocycles. The maximum Gasteiger partial charge on any atom is 0.328 e. The van der Waals surface area contributed by atoms with Gasteiger partial charge in [0.15, 0.2) is 0 Å². The van der Waals surface area contributed by atoms with Gasteiger partial charge in [-0.25, -0.2) is 4.79 Å². The fourth-order valence-electron chi connectivity index (χ4n) is 2.82. The van der Waals surface area contributed by atoms with Crippen LogP contribution >= 0.6 is 0 Å². The van der Waals surface area contributed by atoms with Crippen LogP contribution in [0, 0.1) is 0 Å². The Morgan fingerprint density at radius 1 is 0.889 bits per heavy atom. The van der Waals surface area contributed by atoms with E-state index in [1.54, 1.807) is 4.90 Å². The highest BCUT2D eigenvalue weighted by molar-refractivity contribution is 5.76. The van der Waals surface area contributed by atoms with Crippen molar-refractivity contribution in [2.75, 3.05) is 6.54 Å². The van der Waals surface area contributed by atoms with E-state index in [1.165, 1.54) is 16.8 Å². The Hall–Kier alpha value is -3.41. The van der Waals surface area contributed by atoms with Crippen LogP contribution in [0.3, 0.4) is 0 Å². The highest BCUT2D eigenvalue weighted by Crippen LogP contribution is 2.08. The van der Waals surface area contributed by atoms with E-state index in [9.17, 15) is 14.4 Å². The lowest BCUT2D eigenvalue weighted by Crippen LogP contribution is -2.39. The number of nitrogens with one attached hydrogen (secondary N) is 1. The van der Waals surface area contributed by atoms with Crippen molar-refractivity contribution in [2.45, 2.75) is 19.5 Å². The molecule has 0 spiro atoms. The van der Waals surface area contributed by atoms with Gasteiger partial charge in [-0.1, -0.05) is 60.7 Å². The molecule has 0 fully saturated rings. The Kier molecular flexibility index (Phi) is 5.99. The molecule has 0 radical (unpaired) electrons. The minimum absolute atomic E-state index is 0.114. The zero-order chi connectivity index (χ0) is 19.1. The SMILES string of the molecule is O=C(Cn1ccc(=O)[nH]c1=O)N(CCc1ccccc1)Cc1ccccc1. The van der Waals surface area contributed by atoms with E-state index in [-0.39, 0.29) is 12.5 Å². The zero-order valence-electron chi connectivity index (χ0n) is 14.9. The minimum Gasteiger partial charge on any atom is -0.336 e. The van der Waals surface area contributed by atoms with Crippen molar-refractivity contribution in [2.24, 2.45) is 0 Å². The highest BCUT2D eigenvalue weighted by Gasteiger charge is 2.15. The summed E-state index contributed by atoms with van der Waals surface area (Å²) in [6.45, 7) is 0.887. The fourth-order valence-corrected chi connectivity index (χ4v) is 2.82. The van der Waals surface area contributed by atoms with E-state index in [1.807, 2.05) is 60.7 Å². The summed E-state index contributed by atoms with van der Waals surface area (Å²) >= 11 is 0. The molecule has 0 aliphatic heterocycles. The molecule has 0 aliphatic carbocycles. The number of hydrogen-bond donors (Lipinski definition) is 1. The second-order valence-corrected chi connectivity index (χ2v) is 6.27. The number of nitrogens with zero attached hydrogens (tertiary/aromatic N) is 2. The van der Waals surface area contributed by atoms with Gasteiger partial charge in [0.25, 0.3) is 5.56 Å². The van der Waals surface area contributed by atoms with Crippen LogP contribution in [-0.4, -0.2) is 26.9 Å². The molecule has 2 aromatic carbocycles. The molecule has 3 aromatic rings. The molecule has 1 N–H and O–H groups in total. The predicted octanol–water partition coefficient (Wildman–Crippen LogP) is 1.81. The predicted molar refractivity (Wildman–Crippen MR) is 103 cm³/mol. The van der Waals surface area contributed by atoms with E-state index in [4.69, 9.17) is 0 Å². The van der Waals surface area contributed by atoms with Crippen LogP contribution in [-0.2, 0) is 24.3 Å². The summed E-state index contributed by atoms with van der Waals surface area (Å²) in [7, 11) is 0. The lowest BCUT2D eigenvalue weighted by atomic mass is 10.1. The second kappa shape index (κ2) is 8.80.